The molecule has 0 aromatic heterocycles. The van der Waals surface area contributed by atoms with E-state index in [-0.39, 0.29) is 12.1 Å². The Morgan fingerprint density at radius 3 is 2.27 bits per heavy atom. The third kappa shape index (κ3) is 3.67. The van der Waals surface area contributed by atoms with Crippen molar-refractivity contribution < 1.29 is 9.53 Å². The van der Waals surface area contributed by atoms with Crippen LogP contribution in [0.3, 0.4) is 0 Å². The van der Waals surface area contributed by atoms with Gasteiger partial charge in [0.05, 0.1) is 6.04 Å². The lowest BCUT2D eigenvalue weighted by molar-refractivity contribution is 0.133. The summed E-state index contributed by atoms with van der Waals surface area (Å²) < 4.78 is 5.76. The van der Waals surface area contributed by atoms with Gasteiger partial charge in [-0.1, -0.05) is 79.9 Å². The number of hydrogen-bond acceptors (Lipinski definition) is 2. The highest BCUT2D eigenvalue weighted by atomic mass is 16.6. The molecule has 2 fully saturated rings. The Balaban J connectivity index is 1.66. The predicted octanol–water partition coefficient (Wildman–Crippen LogP) is 5.42. The standard InChI is InChI=1S/C23H25NO2/c25-23-24(20-14-8-3-9-15-20)21(16-18-10-4-1-5-11-18)22(26-23)17-19-12-6-2-7-13-19/h1-2,4-7,10-13,17,20-21H,3,8-9,14-16H2/b22-17-. The van der Waals surface area contributed by atoms with Crippen LogP contribution in [0.5, 0.6) is 0 Å². The Kier molecular flexibility index (Phi) is 5.05. The molecule has 1 amide bonds. The highest BCUT2D eigenvalue weighted by Crippen LogP contribution is 2.34. The van der Waals surface area contributed by atoms with Gasteiger partial charge < -0.3 is 4.74 Å². The zero-order valence-corrected chi connectivity index (χ0v) is 15.0. The molecule has 0 radical (unpaired) electrons. The molecule has 1 saturated heterocycles. The van der Waals surface area contributed by atoms with Crippen molar-refractivity contribution in [2.75, 3.05) is 0 Å². The summed E-state index contributed by atoms with van der Waals surface area (Å²) in [5.74, 6) is 0.774. The average Bonchev–Trinajstić information content (AvgIpc) is 2.99. The Morgan fingerprint density at radius 1 is 0.923 bits per heavy atom. The number of benzene rings is 2. The Labute approximate surface area is 155 Å². The van der Waals surface area contributed by atoms with Crippen molar-refractivity contribution in [2.24, 2.45) is 0 Å². The Hall–Kier alpha value is -2.55. The number of rotatable bonds is 4. The third-order valence-corrected chi connectivity index (χ3v) is 5.43. The predicted molar refractivity (Wildman–Crippen MR) is 104 cm³/mol. The van der Waals surface area contributed by atoms with Crippen LogP contribution in [0, 0.1) is 0 Å². The average molecular weight is 347 g/mol. The Bertz CT molecular complexity index is 763. The molecule has 26 heavy (non-hydrogen) atoms. The topological polar surface area (TPSA) is 29.5 Å². The molecule has 134 valence electrons. The van der Waals surface area contributed by atoms with Gasteiger partial charge in [-0.2, -0.15) is 0 Å². The number of carbonyl (C=O) groups is 1. The summed E-state index contributed by atoms with van der Waals surface area (Å²) in [6, 6.07) is 20.8. The normalized spacial score (nSPS) is 22.6. The van der Waals surface area contributed by atoms with Crippen LogP contribution in [0.25, 0.3) is 6.08 Å². The minimum atomic E-state index is -0.181. The molecule has 1 aliphatic heterocycles. The van der Waals surface area contributed by atoms with Crippen molar-refractivity contribution in [3.63, 3.8) is 0 Å². The van der Waals surface area contributed by atoms with Crippen LogP contribution in [0.15, 0.2) is 66.4 Å². The molecule has 3 heteroatoms. The van der Waals surface area contributed by atoms with E-state index in [1.165, 1.54) is 24.8 Å². The number of amides is 1. The third-order valence-electron chi connectivity index (χ3n) is 5.43. The van der Waals surface area contributed by atoms with Gasteiger partial charge in [-0.25, -0.2) is 4.79 Å². The van der Waals surface area contributed by atoms with Crippen LogP contribution in [-0.4, -0.2) is 23.1 Å². The summed E-state index contributed by atoms with van der Waals surface area (Å²) in [6.07, 6.45) is 8.47. The lowest BCUT2D eigenvalue weighted by Gasteiger charge is -2.33. The molecule has 1 unspecified atom stereocenters. The van der Waals surface area contributed by atoms with Crippen LogP contribution in [-0.2, 0) is 11.2 Å². The molecule has 0 spiro atoms. The van der Waals surface area contributed by atoms with Crippen LogP contribution < -0.4 is 0 Å². The van der Waals surface area contributed by atoms with Crippen molar-refractivity contribution in [3.8, 4) is 0 Å². The number of ether oxygens (including phenoxy) is 1. The highest BCUT2D eigenvalue weighted by Gasteiger charge is 2.42. The maximum Gasteiger partial charge on any atom is 0.415 e. The monoisotopic (exact) mass is 347 g/mol. The first-order chi connectivity index (χ1) is 12.8. The van der Waals surface area contributed by atoms with Crippen molar-refractivity contribution in [2.45, 2.75) is 50.6 Å². The quantitative estimate of drug-likeness (QED) is 0.739. The van der Waals surface area contributed by atoms with E-state index >= 15 is 0 Å². The molecule has 2 aliphatic rings. The van der Waals surface area contributed by atoms with Gasteiger partial charge in [0.2, 0.25) is 0 Å². The van der Waals surface area contributed by atoms with E-state index in [9.17, 15) is 4.79 Å². The maximum absolute atomic E-state index is 12.7. The van der Waals surface area contributed by atoms with Gasteiger partial charge in [0.15, 0.2) is 0 Å². The molecule has 3 nitrogen and oxygen atoms in total. The smallest absolute Gasteiger partial charge is 0.412 e. The second kappa shape index (κ2) is 7.77. The molecular weight excluding hydrogens is 322 g/mol. The fourth-order valence-electron chi connectivity index (χ4n) is 4.12. The molecular formula is C23H25NO2. The molecule has 1 saturated carbocycles. The van der Waals surface area contributed by atoms with E-state index in [1.54, 1.807) is 0 Å². The van der Waals surface area contributed by atoms with Crippen LogP contribution >= 0.6 is 0 Å². The minimum absolute atomic E-state index is 0.0202. The van der Waals surface area contributed by atoms with E-state index in [1.807, 2.05) is 47.4 Å². The van der Waals surface area contributed by atoms with E-state index in [0.29, 0.717) is 6.04 Å². The van der Waals surface area contributed by atoms with E-state index in [2.05, 4.69) is 24.3 Å². The summed E-state index contributed by atoms with van der Waals surface area (Å²) in [5.41, 5.74) is 2.30. The molecule has 1 heterocycles. The Morgan fingerprint density at radius 2 is 1.58 bits per heavy atom. The van der Waals surface area contributed by atoms with Crippen molar-refractivity contribution in [3.05, 3.63) is 77.5 Å². The second-order valence-electron chi connectivity index (χ2n) is 7.23. The molecule has 2 aromatic rings. The molecule has 1 aliphatic carbocycles. The number of cyclic esters (lactones) is 1. The summed E-state index contributed by atoms with van der Waals surface area (Å²) in [7, 11) is 0. The molecule has 2 aromatic carbocycles. The second-order valence-corrected chi connectivity index (χ2v) is 7.23. The first kappa shape index (κ1) is 16.9. The molecule has 4 rings (SSSR count). The zero-order chi connectivity index (χ0) is 17.8. The van der Waals surface area contributed by atoms with Crippen molar-refractivity contribution in [1.29, 1.82) is 0 Å². The molecule has 0 N–H and O–H groups in total. The number of nitrogens with zero attached hydrogens (tertiary/aromatic N) is 1. The summed E-state index contributed by atoms with van der Waals surface area (Å²) in [4.78, 5) is 14.8. The largest absolute Gasteiger partial charge is 0.415 e. The summed E-state index contributed by atoms with van der Waals surface area (Å²) in [5, 5.41) is 0. The van der Waals surface area contributed by atoms with Gasteiger partial charge >= 0.3 is 6.09 Å². The minimum Gasteiger partial charge on any atom is -0.412 e. The first-order valence-electron chi connectivity index (χ1n) is 9.62. The van der Waals surface area contributed by atoms with Crippen LogP contribution in [0.1, 0.15) is 43.2 Å². The van der Waals surface area contributed by atoms with E-state index in [0.717, 1.165) is 30.6 Å². The zero-order valence-electron chi connectivity index (χ0n) is 15.0. The lowest BCUT2D eigenvalue weighted by atomic mass is 9.92. The van der Waals surface area contributed by atoms with Crippen LogP contribution in [0.2, 0.25) is 0 Å². The molecule has 1 atom stereocenters. The van der Waals surface area contributed by atoms with Crippen molar-refractivity contribution >= 4 is 12.2 Å². The lowest BCUT2D eigenvalue weighted by Crippen LogP contribution is -2.43. The fourth-order valence-corrected chi connectivity index (χ4v) is 4.12. The fraction of sp³-hybridized carbons (Fsp3) is 0.348. The summed E-state index contributed by atoms with van der Waals surface area (Å²) in [6.45, 7) is 0. The number of hydrogen-bond donors (Lipinski definition) is 0. The van der Waals surface area contributed by atoms with Gasteiger partial charge in [-0.05, 0) is 30.0 Å². The first-order valence-corrected chi connectivity index (χ1v) is 9.62. The van der Waals surface area contributed by atoms with Gasteiger partial charge in [0.25, 0.3) is 0 Å². The van der Waals surface area contributed by atoms with Gasteiger partial charge in [0.1, 0.15) is 5.76 Å². The van der Waals surface area contributed by atoms with Gasteiger partial charge in [-0.15, -0.1) is 0 Å². The van der Waals surface area contributed by atoms with Crippen molar-refractivity contribution in [1.82, 2.24) is 4.90 Å². The van der Waals surface area contributed by atoms with Crippen LogP contribution in [0.4, 0.5) is 4.79 Å². The summed E-state index contributed by atoms with van der Waals surface area (Å²) >= 11 is 0. The number of carbonyl (C=O) groups excluding carboxylic acids is 1. The van der Waals surface area contributed by atoms with E-state index in [4.69, 9.17) is 4.74 Å². The van der Waals surface area contributed by atoms with Gasteiger partial charge in [-0.3, -0.25) is 4.90 Å². The molecule has 0 bridgehead atoms. The highest BCUT2D eigenvalue weighted by molar-refractivity contribution is 5.76. The SMILES string of the molecule is O=C1O/C(=C\c2ccccc2)C(Cc2ccccc2)N1C1CCCCC1. The maximum atomic E-state index is 12.7. The van der Waals surface area contributed by atoms with Gasteiger partial charge in [0, 0.05) is 12.5 Å². The van der Waals surface area contributed by atoms with E-state index < -0.39 is 0 Å².